The second kappa shape index (κ2) is 15.4. The number of carbonyl (C=O) groups is 3. The molecule has 1 aliphatic heterocycles. The van der Waals surface area contributed by atoms with E-state index < -0.39 is 17.7 Å². The van der Waals surface area contributed by atoms with Crippen LogP contribution in [0.2, 0.25) is 0 Å². The number of nitrogens with two attached hydrogens (primary N) is 4. The van der Waals surface area contributed by atoms with E-state index in [2.05, 4.69) is 10.2 Å². The Hall–Kier alpha value is -2.77. The monoisotopic (exact) mass is 505 g/mol. The van der Waals surface area contributed by atoms with Crippen molar-refractivity contribution in [2.24, 2.45) is 22.9 Å². The van der Waals surface area contributed by atoms with Crippen molar-refractivity contribution in [1.29, 1.82) is 0 Å². The highest BCUT2D eigenvalue weighted by Crippen LogP contribution is 2.15. The summed E-state index contributed by atoms with van der Waals surface area (Å²) in [5.41, 5.74) is 24.6. The summed E-state index contributed by atoms with van der Waals surface area (Å²) in [5.74, 6) is -1.24. The maximum Gasteiger partial charge on any atom is 0.231 e. The minimum absolute atomic E-state index is 0.0629. The second-order valence-corrected chi connectivity index (χ2v) is 9.32. The molecule has 1 aromatic carbocycles. The second-order valence-electron chi connectivity index (χ2n) is 9.32. The molecule has 2 rings (SSSR count). The van der Waals surface area contributed by atoms with E-state index in [1.807, 2.05) is 46.0 Å². The molecule has 0 aromatic heterocycles. The predicted octanol–water partition coefficient (Wildman–Crippen LogP) is -2.72. The molecule has 9 N–H and O–H groups in total. The third-order valence-corrected chi connectivity index (χ3v) is 6.43. The van der Waals surface area contributed by atoms with E-state index in [4.69, 9.17) is 22.9 Å². The van der Waals surface area contributed by atoms with E-state index in [-0.39, 0.29) is 25.7 Å². The van der Waals surface area contributed by atoms with E-state index in [0.717, 1.165) is 11.3 Å². The first-order chi connectivity index (χ1) is 17.2. The van der Waals surface area contributed by atoms with Gasteiger partial charge in [-0.05, 0) is 24.1 Å². The number of nitrogens with one attached hydrogen (secondary N) is 1. The average Bonchev–Trinajstić information content (AvgIpc) is 2.81. The van der Waals surface area contributed by atoms with Crippen molar-refractivity contribution in [3.05, 3.63) is 29.8 Å². The van der Waals surface area contributed by atoms with Crippen molar-refractivity contribution in [2.45, 2.75) is 12.5 Å². The van der Waals surface area contributed by atoms with Crippen LogP contribution in [-0.4, -0.2) is 129 Å². The van der Waals surface area contributed by atoms with Gasteiger partial charge in [-0.15, -0.1) is 0 Å². The number of anilines is 1. The van der Waals surface area contributed by atoms with Crippen LogP contribution >= 0.6 is 0 Å². The van der Waals surface area contributed by atoms with Gasteiger partial charge in [-0.2, -0.15) is 0 Å². The molecule has 1 aromatic rings. The lowest BCUT2D eigenvalue weighted by atomic mass is 10.0. The van der Waals surface area contributed by atoms with E-state index in [1.54, 1.807) is 0 Å². The number of rotatable bonds is 11. The van der Waals surface area contributed by atoms with Gasteiger partial charge in [0.15, 0.2) is 0 Å². The molecule has 12 nitrogen and oxygen atoms in total. The highest BCUT2D eigenvalue weighted by Gasteiger charge is 2.26. The number of carbonyl (C=O) groups excluding carboxylic acids is 3. The van der Waals surface area contributed by atoms with Gasteiger partial charge in [0.05, 0.1) is 19.6 Å². The molecule has 3 amide bonds. The molecule has 1 unspecified atom stereocenters. The van der Waals surface area contributed by atoms with Crippen molar-refractivity contribution in [1.82, 2.24) is 19.6 Å². The van der Waals surface area contributed by atoms with Crippen molar-refractivity contribution in [3.8, 4) is 0 Å². The van der Waals surface area contributed by atoms with Crippen LogP contribution in [0.5, 0.6) is 0 Å². The first kappa shape index (κ1) is 29.5. The summed E-state index contributed by atoms with van der Waals surface area (Å²) in [6.07, 6.45) is 0.648. The molecule has 36 heavy (non-hydrogen) atoms. The topological polar surface area (TPSA) is 180 Å². The number of benzene rings is 1. The molecular formula is C24H43N9O3. The summed E-state index contributed by atoms with van der Waals surface area (Å²) in [6.45, 7) is 5.71. The first-order valence-electron chi connectivity index (χ1n) is 12.4. The zero-order chi connectivity index (χ0) is 26.5. The molecule has 1 saturated heterocycles. The quantitative estimate of drug-likeness (QED) is 0.213. The fraction of sp³-hybridized carbons (Fsp3) is 0.625. The zero-order valence-corrected chi connectivity index (χ0v) is 21.4. The molecule has 202 valence electrons. The van der Waals surface area contributed by atoms with Gasteiger partial charge >= 0.3 is 0 Å². The minimum atomic E-state index is -0.436. The largest absolute Gasteiger partial charge is 0.388 e. The summed E-state index contributed by atoms with van der Waals surface area (Å²) < 4.78 is 0. The van der Waals surface area contributed by atoms with E-state index >= 15 is 0 Å². The first-order valence-corrected chi connectivity index (χ1v) is 12.4. The fourth-order valence-corrected chi connectivity index (χ4v) is 4.58. The third-order valence-electron chi connectivity index (χ3n) is 6.43. The lowest BCUT2D eigenvalue weighted by molar-refractivity contribution is -0.122. The number of amides is 3. The molecule has 0 radical (unpaired) electrons. The van der Waals surface area contributed by atoms with Gasteiger partial charge in [-0.3, -0.25) is 34.0 Å². The summed E-state index contributed by atoms with van der Waals surface area (Å²) in [5, 5.41) is 3.11. The lowest BCUT2D eigenvalue weighted by Gasteiger charge is -2.38. The number of primary amides is 3. The summed E-state index contributed by atoms with van der Waals surface area (Å²) >= 11 is 0. The van der Waals surface area contributed by atoms with E-state index in [0.29, 0.717) is 65.3 Å². The van der Waals surface area contributed by atoms with Gasteiger partial charge in [0.25, 0.3) is 0 Å². The van der Waals surface area contributed by atoms with Gasteiger partial charge < -0.3 is 28.3 Å². The maximum absolute atomic E-state index is 12.0. The van der Waals surface area contributed by atoms with Crippen LogP contribution in [0.25, 0.3) is 0 Å². The number of nitrogens with zero attached hydrogens (tertiary/aromatic N) is 4. The molecule has 1 fully saturated rings. The number of hydrogen-bond donors (Lipinski definition) is 5. The van der Waals surface area contributed by atoms with Gasteiger partial charge in [0.2, 0.25) is 17.7 Å². The van der Waals surface area contributed by atoms with Crippen LogP contribution < -0.4 is 28.3 Å². The molecule has 1 aliphatic rings. The molecule has 0 spiro atoms. The predicted molar refractivity (Wildman–Crippen MR) is 141 cm³/mol. The van der Waals surface area contributed by atoms with E-state index in [9.17, 15) is 14.4 Å². The Morgan fingerprint density at radius 3 is 1.89 bits per heavy atom. The minimum Gasteiger partial charge on any atom is -0.388 e. The molecule has 12 heteroatoms. The van der Waals surface area contributed by atoms with Crippen molar-refractivity contribution >= 4 is 23.4 Å². The SMILES string of the molecule is CNc1ccc(CC2CN(CC(N)=O)CCN(CCN)CCN(CC(N)=O)CCN2CC(N)=O)cc1. The summed E-state index contributed by atoms with van der Waals surface area (Å²) in [4.78, 5) is 43.9. The molecule has 0 aliphatic carbocycles. The van der Waals surface area contributed by atoms with Gasteiger partial charge in [0.1, 0.15) is 0 Å². The fourth-order valence-electron chi connectivity index (χ4n) is 4.58. The Morgan fingerprint density at radius 2 is 1.33 bits per heavy atom. The highest BCUT2D eigenvalue weighted by atomic mass is 16.2. The highest BCUT2D eigenvalue weighted by molar-refractivity contribution is 5.76. The van der Waals surface area contributed by atoms with Crippen LogP contribution in [0, 0.1) is 0 Å². The average molecular weight is 506 g/mol. The molecule has 0 bridgehead atoms. The third kappa shape index (κ3) is 10.9. The van der Waals surface area contributed by atoms with Crippen LogP contribution in [0.3, 0.4) is 0 Å². The Kier molecular flexibility index (Phi) is 12.6. The van der Waals surface area contributed by atoms with E-state index in [1.165, 1.54) is 0 Å². The summed E-state index contributed by atoms with van der Waals surface area (Å²) in [6, 6.07) is 7.99. The zero-order valence-electron chi connectivity index (χ0n) is 21.4. The lowest BCUT2D eigenvalue weighted by Crippen LogP contribution is -2.54. The Labute approximate surface area is 213 Å². The van der Waals surface area contributed by atoms with Crippen LogP contribution in [-0.2, 0) is 20.8 Å². The van der Waals surface area contributed by atoms with Gasteiger partial charge in [-0.1, -0.05) is 12.1 Å². The Balaban J connectivity index is 2.37. The Bertz CT molecular complexity index is 837. The van der Waals surface area contributed by atoms with Crippen LogP contribution in [0.4, 0.5) is 5.69 Å². The van der Waals surface area contributed by atoms with Crippen molar-refractivity contribution < 1.29 is 14.4 Å². The van der Waals surface area contributed by atoms with Crippen molar-refractivity contribution in [3.63, 3.8) is 0 Å². The standard InChI is InChI=1S/C24H43N9O3/c1-29-20-4-2-19(3-5-20)14-21-15-32(17-23(27)35)11-9-30(7-6-25)8-10-31(16-22(26)34)12-13-33(21)18-24(28)36/h2-5,21,29H,6-18,25H2,1H3,(H2,26,34)(H2,27,35)(H2,28,36). The smallest absolute Gasteiger partial charge is 0.231 e. The Morgan fingerprint density at radius 1 is 0.806 bits per heavy atom. The normalized spacial score (nSPS) is 19.8. The van der Waals surface area contributed by atoms with Crippen LogP contribution in [0.1, 0.15) is 5.56 Å². The maximum atomic E-state index is 12.0. The van der Waals surface area contributed by atoms with Gasteiger partial charge in [0, 0.05) is 77.7 Å². The molecule has 1 atom stereocenters. The molecule has 1 heterocycles. The van der Waals surface area contributed by atoms with Crippen molar-refractivity contribution in [2.75, 3.05) is 90.9 Å². The molecular weight excluding hydrogens is 462 g/mol. The van der Waals surface area contributed by atoms with Crippen LogP contribution in [0.15, 0.2) is 24.3 Å². The van der Waals surface area contributed by atoms with Gasteiger partial charge in [-0.25, -0.2) is 0 Å². The number of hydrogen-bond acceptors (Lipinski definition) is 9. The summed E-state index contributed by atoms with van der Waals surface area (Å²) in [7, 11) is 1.87. The molecule has 0 saturated carbocycles.